The summed E-state index contributed by atoms with van der Waals surface area (Å²) in [7, 11) is 0. The van der Waals surface area contributed by atoms with Gasteiger partial charge in [-0.25, -0.2) is 0 Å². The second kappa shape index (κ2) is 7.25. The molecule has 2 aliphatic carbocycles. The van der Waals surface area contributed by atoms with E-state index in [0.717, 1.165) is 11.0 Å². The van der Waals surface area contributed by atoms with Crippen molar-refractivity contribution >= 4 is 87.6 Å². The Morgan fingerprint density at radius 1 is 0.641 bits per heavy atom. The van der Waals surface area contributed by atoms with Crippen LogP contribution in [0.25, 0.3) is 61.2 Å². The number of fused-ring (bicyclic) bond motifs is 12. The molecule has 0 radical (unpaired) electrons. The predicted molar refractivity (Wildman–Crippen MR) is 174 cm³/mol. The number of hydrogen-bond acceptors (Lipinski definition) is 7. The molecule has 0 N–H and O–H groups in total. The van der Waals surface area contributed by atoms with Crippen LogP contribution in [0, 0.1) is 13.8 Å². The summed E-state index contributed by atoms with van der Waals surface area (Å²) in [5.74, 6) is 0. The maximum atomic E-state index is 4.69. The van der Waals surface area contributed by atoms with Crippen molar-refractivity contribution in [1.29, 1.82) is 0 Å². The largest absolute Gasteiger partial charge is 0.173 e. The van der Waals surface area contributed by atoms with Gasteiger partial charge in [0.05, 0.1) is 16.4 Å². The minimum atomic E-state index is -0.0400. The van der Waals surface area contributed by atoms with Crippen LogP contribution >= 0.6 is 57.1 Å². The number of rotatable bonds is 1. The molecule has 0 spiro atoms. The second-order valence-corrected chi connectivity index (χ2v) is 16.9. The third-order valence-corrected chi connectivity index (χ3v) is 14.4. The average Bonchev–Trinajstić information content (AvgIpc) is 3.70. The minimum absolute atomic E-state index is 0.00296. The maximum Gasteiger partial charge on any atom is 0.113 e. The Kier molecular flexibility index (Phi) is 4.33. The van der Waals surface area contributed by atoms with Crippen LogP contribution in [-0.2, 0) is 10.8 Å². The first-order chi connectivity index (χ1) is 18.7. The van der Waals surface area contributed by atoms with Gasteiger partial charge in [0.1, 0.15) is 11.0 Å². The number of thiophene rings is 4. The highest BCUT2D eigenvalue weighted by Gasteiger charge is 2.45. The Bertz CT molecular complexity index is 2210. The first-order valence-electron chi connectivity index (χ1n) is 13.2. The lowest BCUT2D eigenvalue weighted by atomic mass is 9.79. The Morgan fingerprint density at radius 2 is 1.44 bits per heavy atom. The smallest absolute Gasteiger partial charge is 0.113 e. The monoisotopic (exact) mass is 596 g/mol. The van der Waals surface area contributed by atoms with Crippen molar-refractivity contribution in [2.45, 2.75) is 52.4 Å². The zero-order valence-electron chi connectivity index (χ0n) is 22.4. The molecule has 0 saturated carbocycles. The molecule has 0 amide bonds. The molecule has 7 heteroatoms. The lowest BCUT2D eigenvalue weighted by Crippen LogP contribution is -2.16. The Labute approximate surface area is 246 Å². The van der Waals surface area contributed by atoms with E-state index >= 15 is 0 Å². The molecular formula is C32H24N2S5. The summed E-state index contributed by atoms with van der Waals surface area (Å²) in [4.78, 5) is 7.12. The maximum absolute atomic E-state index is 4.69. The van der Waals surface area contributed by atoms with Crippen LogP contribution in [0.4, 0.5) is 0 Å². The van der Waals surface area contributed by atoms with Crippen molar-refractivity contribution in [3.63, 3.8) is 0 Å². The van der Waals surface area contributed by atoms with Crippen LogP contribution in [-0.4, -0.2) is 8.75 Å². The fourth-order valence-corrected chi connectivity index (χ4v) is 13.8. The molecule has 5 heterocycles. The van der Waals surface area contributed by atoms with Gasteiger partial charge in [-0.15, -0.1) is 45.3 Å². The first-order valence-corrected chi connectivity index (χ1v) is 17.2. The summed E-state index contributed by atoms with van der Waals surface area (Å²) >= 11 is 9.24. The summed E-state index contributed by atoms with van der Waals surface area (Å²) in [5.41, 5.74) is 12.0. The highest BCUT2D eigenvalue weighted by molar-refractivity contribution is 7.30. The van der Waals surface area contributed by atoms with E-state index in [1.807, 2.05) is 45.3 Å². The Balaban J connectivity index is 1.28. The van der Waals surface area contributed by atoms with E-state index in [-0.39, 0.29) is 10.8 Å². The normalized spacial score (nSPS) is 16.4. The molecule has 0 aliphatic heterocycles. The lowest BCUT2D eigenvalue weighted by Gasteiger charge is -2.23. The van der Waals surface area contributed by atoms with Gasteiger partial charge in [0.15, 0.2) is 0 Å². The van der Waals surface area contributed by atoms with Crippen LogP contribution in [0.1, 0.15) is 60.4 Å². The SMILES string of the molecule is Cc1cc2sc3c(c2s1)C(C)(C)c1c-3ccc2c3c(sc12)-c1sc(-c2ccc(C)c4nsnc24)cc1C3(C)C. The Hall–Kier alpha value is -2.42. The van der Waals surface area contributed by atoms with Crippen LogP contribution < -0.4 is 0 Å². The number of hydrogen-bond donors (Lipinski definition) is 0. The van der Waals surface area contributed by atoms with Crippen molar-refractivity contribution in [3.8, 4) is 30.6 Å². The molecule has 192 valence electrons. The van der Waals surface area contributed by atoms with Gasteiger partial charge >= 0.3 is 0 Å². The van der Waals surface area contributed by atoms with Crippen molar-refractivity contribution in [2.24, 2.45) is 0 Å². The first kappa shape index (κ1) is 23.3. The summed E-state index contributed by atoms with van der Waals surface area (Å²) in [5, 5.41) is 1.45. The molecule has 0 bridgehead atoms. The van der Waals surface area contributed by atoms with Crippen molar-refractivity contribution in [1.82, 2.24) is 8.75 Å². The second-order valence-electron chi connectivity index (χ2n) is 12.0. The van der Waals surface area contributed by atoms with E-state index < -0.39 is 0 Å². The zero-order valence-corrected chi connectivity index (χ0v) is 26.5. The average molecular weight is 597 g/mol. The molecule has 0 saturated heterocycles. The number of nitrogens with zero attached hydrogens (tertiary/aromatic N) is 2. The standard InChI is InChI=1S/C32H24N2S5/c1-13-7-8-15(25-24(13)33-39-34-25)19-12-18-28(36-19)30-22(31(18,3)4)17-10-9-16-21(26(17)38-30)32(5,6)23-27(16)37-20-11-14(2)35-29(20)23/h7-12H,1-6H3. The summed E-state index contributed by atoms with van der Waals surface area (Å²) in [6, 6.07) is 14.1. The van der Waals surface area contributed by atoms with E-state index in [1.165, 1.54) is 89.0 Å². The van der Waals surface area contributed by atoms with Crippen LogP contribution in [0.3, 0.4) is 0 Å². The minimum Gasteiger partial charge on any atom is -0.173 e. The van der Waals surface area contributed by atoms with Gasteiger partial charge in [-0.05, 0) is 64.7 Å². The summed E-state index contributed by atoms with van der Waals surface area (Å²) in [6.07, 6.45) is 0. The molecule has 0 atom stereocenters. The zero-order chi connectivity index (χ0) is 26.6. The molecule has 9 rings (SSSR count). The van der Waals surface area contributed by atoms with E-state index in [0.29, 0.717) is 0 Å². The highest BCUT2D eigenvalue weighted by Crippen LogP contribution is 2.64. The van der Waals surface area contributed by atoms with Gasteiger partial charge in [-0.2, -0.15) is 8.75 Å². The number of aryl methyl sites for hydroxylation is 2. The molecule has 5 aromatic heterocycles. The fourth-order valence-electron chi connectivity index (χ4n) is 7.12. The molecule has 2 aromatic carbocycles. The number of aromatic nitrogens is 2. The van der Waals surface area contributed by atoms with Crippen LogP contribution in [0.5, 0.6) is 0 Å². The van der Waals surface area contributed by atoms with Crippen LogP contribution in [0.2, 0.25) is 0 Å². The van der Waals surface area contributed by atoms with E-state index in [2.05, 4.69) is 86.7 Å². The van der Waals surface area contributed by atoms with Crippen LogP contribution in [0.15, 0.2) is 36.4 Å². The topological polar surface area (TPSA) is 25.8 Å². The van der Waals surface area contributed by atoms with Gasteiger partial charge in [0.2, 0.25) is 0 Å². The highest BCUT2D eigenvalue weighted by atomic mass is 32.1. The molecule has 2 nitrogen and oxygen atoms in total. The number of benzene rings is 2. The summed E-state index contributed by atoms with van der Waals surface area (Å²) < 4.78 is 13.7. The van der Waals surface area contributed by atoms with Gasteiger partial charge < -0.3 is 0 Å². The van der Waals surface area contributed by atoms with E-state index in [1.54, 1.807) is 5.56 Å². The van der Waals surface area contributed by atoms with E-state index in [4.69, 9.17) is 0 Å². The third-order valence-electron chi connectivity index (χ3n) is 8.96. The van der Waals surface area contributed by atoms with Crippen molar-refractivity contribution in [2.75, 3.05) is 0 Å². The fraction of sp³-hybridized carbons (Fsp3) is 0.250. The molecule has 39 heavy (non-hydrogen) atoms. The van der Waals surface area contributed by atoms with Gasteiger partial charge in [-0.1, -0.05) is 52.0 Å². The Morgan fingerprint density at radius 3 is 2.28 bits per heavy atom. The van der Waals surface area contributed by atoms with Gasteiger partial charge in [0, 0.05) is 50.2 Å². The third kappa shape index (κ3) is 2.71. The molecular weight excluding hydrogens is 573 g/mol. The predicted octanol–water partition coefficient (Wildman–Crippen LogP) is 11.1. The van der Waals surface area contributed by atoms with Crippen molar-refractivity contribution < 1.29 is 0 Å². The molecule has 2 aliphatic rings. The quantitative estimate of drug-likeness (QED) is 0.188. The molecule has 0 fully saturated rings. The lowest BCUT2D eigenvalue weighted by molar-refractivity contribution is 0.667. The van der Waals surface area contributed by atoms with Gasteiger partial charge in [-0.3, -0.25) is 0 Å². The van der Waals surface area contributed by atoms with E-state index in [9.17, 15) is 0 Å². The van der Waals surface area contributed by atoms with Crippen molar-refractivity contribution in [3.05, 3.63) is 69.1 Å². The molecule has 7 aromatic rings. The summed E-state index contributed by atoms with van der Waals surface area (Å²) in [6.45, 7) is 14.1. The van der Waals surface area contributed by atoms with Gasteiger partial charge in [0.25, 0.3) is 0 Å². The molecule has 0 unspecified atom stereocenters.